The molecule has 1 saturated heterocycles. The molecule has 3 heterocycles. The number of furan rings is 1. The molecule has 1 amide bonds. The van der Waals surface area contributed by atoms with Crippen LogP contribution >= 0.6 is 11.8 Å². The summed E-state index contributed by atoms with van der Waals surface area (Å²) in [6, 6.07) is 5.48. The number of carbonyl (C=O) groups excluding carboxylic acids is 1. The maximum atomic E-state index is 12.6. The fraction of sp³-hybridized carbons (Fsp3) is 0.412. The highest BCUT2D eigenvalue weighted by atomic mass is 32.2. The van der Waals surface area contributed by atoms with Gasteiger partial charge in [0, 0.05) is 37.3 Å². The molecule has 0 unspecified atom stereocenters. The second-order valence-electron chi connectivity index (χ2n) is 5.82. The average molecular weight is 385 g/mol. The van der Waals surface area contributed by atoms with Gasteiger partial charge < -0.3 is 9.73 Å². The van der Waals surface area contributed by atoms with E-state index in [-0.39, 0.29) is 11.6 Å². The van der Waals surface area contributed by atoms with E-state index in [1.165, 1.54) is 0 Å². The molecule has 0 radical (unpaired) electrons. The average Bonchev–Trinajstić information content (AvgIpc) is 3.16. The number of pyridine rings is 1. The molecule has 1 N–H and O–H groups in total. The van der Waals surface area contributed by atoms with Gasteiger partial charge in [0.05, 0.1) is 17.9 Å². The van der Waals surface area contributed by atoms with Crippen LogP contribution < -0.4 is 5.32 Å². The lowest BCUT2D eigenvalue weighted by Gasteiger charge is -2.33. The summed E-state index contributed by atoms with van der Waals surface area (Å²) in [4.78, 5) is 17.8. The molecule has 5 nitrogen and oxygen atoms in total. The molecule has 0 saturated carbocycles. The van der Waals surface area contributed by atoms with Gasteiger partial charge in [0.25, 0.3) is 5.91 Å². The van der Waals surface area contributed by atoms with Crippen LogP contribution in [0.15, 0.2) is 41.1 Å². The van der Waals surface area contributed by atoms with Crippen LogP contribution in [-0.2, 0) is 6.18 Å². The molecule has 9 heteroatoms. The van der Waals surface area contributed by atoms with E-state index >= 15 is 0 Å². The van der Waals surface area contributed by atoms with Crippen LogP contribution in [0.4, 0.5) is 13.2 Å². The molecule has 0 aromatic carbocycles. The second kappa shape index (κ2) is 8.13. The van der Waals surface area contributed by atoms with Gasteiger partial charge in [0.2, 0.25) is 0 Å². The molecule has 1 aliphatic rings. The number of nitrogens with zero attached hydrogens (tertiary/aromatic N) is 2. The van der Waals surface area contributed by atoms with E-state index < -0.39 is 17.8 Å². The maximum Gasteiger partial charge on any atom is 0.433 e. The lowest BCUT2D eigenvalue weighted by Crippen LogP contribution is -2.42. The Kier molecular flexibility index (Phi) is 5.87. The molecule has 2 aromatic heterocycles. The Labute approximate surface area is 153 Å². The van der Waals surface area contributed by atoms with Crippen molar-refractivity contribution in [1.29, 1.82) is 0 Å². The smallest absolute Gasteiger partial charge is 0.433 e. The number of amides is 1. The van der Waals surface area contributed by atoms with Gasteiger partial charge in [-0.2, -0.15) is 24.9 Å². The minimum atomic E-state index is -4.52. The molecular formula is C17H18F3N3O2S. The summed E-state index contributed by atoms with van der Waals surface area (Å²) in [6.07, 6.45) is -1.99. The number of rotatable bonds is 5. The molecule has 26 heavy (non-hydrogen) atoms. The Bertz CT molecular complexity index is 714. The van der Waals surface area contributed by atoms with E-state index in [0.717, 1.165) is 48.7 Å². The van der Waals surface area contributed by atoms with Crippen LogP contribution in [-0.4, -0.2) is 46.9 Å². The monoisotopic (exact) mass is 385 g/mol. The summed E-state index contributed by atoms with van der Waals surface area (Å²) >= 11 is 1.88. The number of carbonyl (C=O) groups is 1. The summed E-state index contributed by atoms with van der Waals surface area (Å²) in [5.41, 5.74) is -0.932. The molecular weight excluding hydrogens is 367 g/mol. The number of hydrogen-bond donors (Lipinski definition) is 1. The van der Waals surface area contributed by atoms with Crippen molar-refractivity contribution in [1.82, 2.24) is 15.2 Å². The van der Waals surface area contributed by atoms with Crippen molar-refractivity contribution in [3.05, 3.63) is 53.7 Å². The Balaban J connectivity index is 1.65. The Morgan fingerprint density at radius 2 is 2.08 bits per heavy atom. The molecule has 1 aliphatic heterocycles. The minimum absolute atomic E-state index is 0.0883. The molecule has 0 bridgehead atoms. The summed E-state index contributed by atoms with van der Waals surface area (Å²) in [6.45, 7) is 2.07. The highest BCUT2D eigenvalue weighted by Crippen LogP contribution is 2.27. The standard InChI is InChI=1S/C17H18F3N3O2S/c18-17(19,20)15-4-3-12(10-21-15)16(24)22-11-13(14-2-1-7-25-14)23-5-8-26-9-6-23/h1-4,7,10,13H,5-6,8-9,11H2,(H,22,24)/t13-/m0/s1. The highest BCUT2D eigenvalue weighted by Gasteiger charge is 2.32. The normalized spacial score (nSPS) is 17.0. The van der Waals surface area contributed by atoms with Crippen molar-refractivity contribution in [2.45, 2.75) is 12.2 Å². The van der Waals surface area contributed by atoms with Crippen LogP contribution in [0.5, 0.6) is 0 Å². The molecule has 1 fully saturated rings. The summed E-state index contributed by atoms with van der Waals surface area (Å²) in [5, 5.41) is 2.77. The van der Waals surface area contributed by atoms with Crippen molar-refractivity contribution in [3.8, 4) is 0 Å². The third-order valence-corrected chi connectivity index (χ3v) is 5.07. The lowest BCUT2D eigenvalue weighted by molar-refractivity contribution is -0.141. The number of alkyl halides is 3. The zero-order chi connectivity index (χ0) is 18.6. The molecule has 140 valence electrons. The SMILES string of the molecule is O=C(NC[C@@H](c1ccco1)N1CCSCC1)c1ccc(C(F)(F)F)nc1. The van der Waals surface area contributed by atoms with Crippen LogP contribution in [0.3, 0.4) is 0 Å². The third kappa shape index (κ3) is 4.59. The molecule has 0 aliphatic carbocycles. The quantitative estimate of drug-likeness (QED) is 0.857. The predicted molar refractivity (Wildman–Crippen MR) is 91.9 cm³/mol. The van der Waals surface area contributed by atoms with Gasteiger partial charge in [0.15, 0.2) is 0 Å². The van der Waals surface area contributed by atoms with E-state index in [9.17, 15) is 18.0 Å². The van der Waals surface area contributed by atoms with Crippen molar-refractivity contribution >= 4 is 17.7 Å². The first kappa shape index (κ1) is 18.8. The Morgan fingerprint density at radius 3 is 2.65 bits per heavy atom. The first-order chi connectivity index (χ1) is 12.4. The maximum absolute atomic E-state index is 12.6. The summed E-state index contributed by atoms with van der Waals surface area (Å²) in [5.74, 6) is 2.30. The third-order valence-electron chi connectivity index (χ3n) is 4.13. The number of nitrogens with one attached hydrogen (secondary N) is 1. The molecule has 1 atom stereocenters. The fourth-order valence-electron chi connectivity index (χ4n) is 2.77. The predicted octanol–water partition coefficient (Wildman–Crippen LogP) is 3.21. The van der Waals surface area contributed by atoms with Gasteiger partial charge in [-0.15, -0.1) is 0 Å². The number of thioether (sulfide) groups is 1. The number of aromatic nitrogens is 1. The first-order valence-corrected chi connectivity index (χ1v) is 9.27. The van der Waals surface area contributed by atoms with Crippen molar-refractivity contribution < 1.29 is 22.4 Å². The van der Waals surface area contributed by atoms with E-state index in [1.807, 2.05) is 17.8 Å². The van der Waals surface area contributed by atoms with Crippen LogP contribution in [0.25, 0.3) is 0 Å². The lowest BCUT2D eigenvalue weighted by atomic mass is 10.1. The Hall–Kier alpha value is -2.00. The molecule has 3 rings (SSSR count). The van der Waals surface area contributed by atoms with Gasteiger partial charge in [-0.3, -0.25) is 14.7 Å². The number of halogens is 3. The molecule has 2 aromatic rings. The van der Waals surface area contributed by atoms with E-state index in [0.29, 0.717) is 6.54 Å². The fourth-order valence-corrected chi connectivity index (χ4v) is 3.70. The highest BCUT2D eigenvalue weighted by molar-refractivity contribution is 7.99. The van der Waals surface area contributed by atoms with Gasteiger partial charge >= 0.3 is 6.18 Å². The van der Waals surface area contributed by atoms with Crippen LogP contribution in [0.2, 0.25) is 0 Å². The van der Waals surface area contributed by atoms with E-state index in [1.54, 1.807) is 12.3 Å². The van der Waals surface area contributed by atoms with E-state index in [4.69, 9.17) is 4.42 Å². The summed E-state index contributed by atoms with van der Waals surface area (Å²) in [7, 11) is 0. The van der Waals surface area contributed by atoms with Gasteiger partial charge in [-0.1, -0.05) is 0 Å². The largest absolute Gasteiger partial charge is 0.468 e. The number of hydrogen-bond acceptors (Lipinski definition) is 5. The van der Waals surface area contributed by atoms with Crippen LogP contribution in [0, 0.1) is 0 Å². The zero-order valence-corrected chi connectivity index (χ0v) is 14.6. The van der Waals surface area contributed by atoms with Gasteiger partial charge in [0.1, 0.15) is 11.5 Å². The van der Waals surface area contributed by atoms with E-state index in [2.05, 4.69) is 15.2 Å². The minimum Gasteiger partial charge on any atom is -0.468 e. The van der Waals surface area contributed by atoms with Crippen molar-refractivity contribution in [2.75, 3.05) is 31.1 Å². The topological polar surface area (TPSA) is 58.4 Å². The van der Waals surface area contributed by atoms with Crippen molar-refractivity contribution in [2.24, 2.45) is 0 Å². The first-order valence-electron chi connectivity index (χ1n) is 8.12. The van der Waals surface area contributed by atoms with Crippen molar-refractivity contribution in [3.63, 3.8) is 0 Å². The molecule has 0 spiro atoms. The van der Waals surface area contributed by atoms with Gasteiger partial charge in [-0.25, -0.2) is 0 Å². The van der Waals surface area contributed by atoms with Crippen LogP contribution in [0.1, 0.15) is 27.9 Å². The Morgan fingerprint density at radius 1 is 1.31 bits per heavy atom. The van der Waals surface area contributed by atoms with Gasteiger partial charge in [-0.05, 0) is 24.3 Å². The second-order valence-corrected chi connectivity index (χ2v) is 7.04. The summed E-state index contributed by atoms with van der Waals surface area (Å²) < 4.78 is 43.2. The zero-order valence-electron chi connectivity index (χ0n) is 13.8.